The number of hydrogen-bond acceptors (Lipinski definition) is 5. The van der Waals surface area contributed by atoms with Crippen molar-refractivity contribution in [3.63, 3.8) is 0 Å². The van der Waals surface area contributed by atoms with Gasteiger partial charge in [0.25, 0.3) is 5.91 Å². The summed E-state index contributed by atoms with van der Waals surface area (Å²) in [6.45, 7) is 1.71. The van der Waals surface area contributed by atoms with Crippen molar-refractivity contribution in [1.29, 1.82) is 0 Å². The molecule has 0 unspecified atom stereocenters. The molecule has 1 amide bonds. The van der Waals surface area contributed by atoms with Crippen molar-refractivity contribution in [2.24, 2.45) is 0 Å². The zero-order chi connectivity index (χ0) is 15.8. The van der Waals surface area contributed by atoms with E-state index in [2.05, 4.69) is 4.72 Å². The molecular weight excluding hydrogens is 324 g/mol. The smallest absolute Gasteiger partial charge is 0.254 e. The predicted molar refractivity (Wildman–Crippen MR) is 84.5 cm³/mol. The summed E-state index contributed by atoms with van der Waals surface area (Å²) in [6, 6.07) is 1.72. The molecule has 2 aliphatic heterocycles. The van der Waals surface area contributed by atoms with Gasteiger partial charge in [-0.2, -0.15) is 11.3 Å². The maximum Gasteiger partial charge on any atom is 0.254 e. The minimum absolute atomic E-state index is 0.0277. The topological polar surface area (TPSA) is 75.7 Å². The van der Waals surface area contributed by atoms with Crippen molar-refractivity contribution in [3.8, 4) is 0 Å². The highest BCUT2D eigenvalue weighted by Crippen LogP contribution is 2.35. The summed E-state index contributed by atoms with van der Waals surface area (Å²) in [5.74, 6) is 0.0277. The van der Waals surface area contributed by atoms with Gasteiger partial charge in [-0.15, -0.1) is 0 Å². The standard InChI is InChI=1S/C14H20N2O4S2/c1-22(18,19)15-12-2-6-20-14(8-12)4-5-16(10-14)13(17)11-3-7-21-9-11/h3,7,9,12,15H,2,4-6,8,10H2,1H3/t12-,14-/m0/s1. The quantitative estimate of drug-likeness (QED) is 0.890. The van der Waals surface area contributed by atoms with Gasteiger partial charge in [0.2, 0.25) is 10.0 Å². The van der Waals surface area contributed by atoms with E-state index in [0.717, 1.165) is 6.42 Å². The minimum atomic E-state index is -3.22. The van der Waals surface area contributed by atoms with Gasteiger partial charge in [0, 0.05) is 24.6 Å². The number of amides is 1. The van der Waals surface area contributed by atoms with Gasteiger partial charge in [0.1, 0.15) is 0 Å². The largest absolute Gasteiger partial charge is 0.373 e. The second kappa shape index (κ2) is 5.92. The Labute approximate surface area is 134 Å². The number of sulfonamides is 1. The summed E-state index contributed by atoms with van der Waals surface area (Å²) in [5, 5.41) is 3.74. The van der Waals surface area contributed by atoms with E-state index in [9.17, 15) is 13.2 Å². The van der Waals surface area contributed by atoms with Crippen LogP contribution in [0.2, 0.25) is 0 Å². The Kier molecular flexibility index (Phi) is 4.28. The Morgan fingerprint density at radius 3 is 3.05 bits per heavy atom. The Morgan fingerprint density at radius 1 is 1.55 bits per heavy atom. The third-order valence-corrected chi connectivity index (χ3v) is 5.69. The van der Waals surface area contributed by atoms with Gasteiger partial charge in [0.05, 0.1) is 24.0 Å². The number of nitrogens with one attached hydrogen (secondary N) is 1. The number of carbonyl (C=O) groups is 1. The minimum Gasteiger partial charge on any atom is -0.373 e. The van der Waals surface area contributed by atoms with Crippen LogP contribution in [0.1, 0.15) is 29.6 Å². The molecule has 0 aliphatic carbocycles. The first kappa shape index (κ1) is 15.9. The first-order chi connectivity index (χ1) is 10.4. The first-order valence-electron chi connectivity index (χ1n) is 7.30. The highest BCUT2D eigenvalue weighted by atomic mass is 32.2. The first-order valence-corrected chi connectivity index (χ1v) is 10.1. The summed E-state index contributed by atoms with van der Waals surface area (Å²) in [4.78, 5) is 14.2. The molecule has 22 heavy (non-hydrogen) atoms. The van der Waals surface area contributed by atoms with Gasteiger partial charge in [-0.05, 0) is 30.7 Å². The zero-order valence-corrected chi connectivity index (χ0v) is 14.1. The highest BCUT2D eigenvalue weighted by Gasteiger charge is 2.45. The van der Waals surface area contributed by atoms with E-state index in [-0.39, 0.29) is 11.9 Å². The molecule has 0 bridgehead atoms. The van der Waals surface area contributed by atoms with E-state index in [1.54, 1.807) is 0 Å². The van der Waals surface area contributed by atoms with Crippen LogP contribution in [0.4, 0.5) is 0 Å². The van der Waals surface area contributed by atoms with Crippen LogP contribution < -0.4 is 4.72 Å². The molecule has 2 fully saturated rings. The molecule has 0 saturated carbocycles. The molecule has 1 spiro atoms. The number of likely N-dealkylation sites (tertiary alicyclic amines) is 1. The van der Waals surface area contributed by atoms with Crippen molar-refractivity contribution in [1.82, 2.24) is 9.62 Å². The number of hydrogen-bond donors (Lipinski definition) is 1. The van der Waals surface area contributed by atoms with Gasteiger partial charge < -0.3 is 9.64 Å². The molecule has 2 aliphatic rings. The van der Waals surface area contributed by atoms with E-state index in [1.165, 1.54) is 17.6 Å². The maximum absolute atomic E-state index is 12.4. The van der Waals surface area contributed by atoms with Gasteiger partial charge in [-0.1, -0.05) is 0 Å². The predicted octanol–water partition coefficient (Wildman–Crippen LogP) is 1.06. The van der Waals surface area contributed by atoms with Crippen molar-refractivity contribution < 1.29 is 17.9 Å². The molecule has 1 N–H and O–H groups in total. The summed E-state index contributed by atoms with van der Waals surface area (Å²) >= 11 is 1.51. The normalized spacial score (nSPS) is 29.1. The monoisotopic (exact) mass is 344 g/mol. The van der Waals surface area contributed by atoms with E-state index in [0.29, 0.717) is 38.1 Å². The fourth-order valence-electron chi connectivity index (χ4n) is 3.30. The van der Waals surface area contributed by atoms with Crippen molar-refractivity contribution in [2.75, 3.05) is 26.0 Å². The van der Waals surface area contributed by atoms with E-state index < -0.39 is 15.6 Å². The lowest BCUT2D eigenvalue weighted by Gasteiger charge is -2.38. The molecule has 6 nitrogen and oxygen atoms in total. The molecule has 8 heteroatoms. The fourth-order valence-corrected chi connectivity index (χ4v) is 4.74. The van der Waals surface area contributed by atoms with Gasteiger partial charge in [-0.3, -0.25) is 4.79 Å². The van der Waals surface area contributed by atoms with Gasteiger partial charge >= 0.3 is 0 Å². The number of thiophene rings is 1. The van der Waals surface area contributed by atoms with Gasteiger partial charge in [0.15, 0.2) is 0 Å². The number of ether oxygens (including phenoxy) is 1. The summed E-state index contributed by atoms with van der Waals surface area (Å²) in [7, 11) is -3.22. The van der Waals surface area contributed by atoms with Gasteiger partial charge in [-0.25, -0.2) is 13.1 Å². The Hall–Kier alpha value is -0.960. The lowest BCUT2D eigenvalue weighted by atomic mass is 9.90. The third kappa shape index (κ3) is 3.51. The lowest BCUT2D eigenvalue weighted by molar-refractivity contribution is -0.0763. The molecule has 1 aromatic heterocycles. The molecule has 3 rings (SSSR count). The summed E-state index contributed by atoms with van der Waals surface area (Å²) in [6.07, 6.45) is 3.22. The number of rotatable bonds is 3. The average Bonchev–Trinajstić information content (AvgIpc) is 3.06. The lowest BCUT2D eigenvalue weighted by Crippen LogP contribution is -2.50. The summed E-state index contributed by atoms with van der Waals surface area (Å²) in [5.41, 5.74) is 0.301. The molecule has 2 saturated heterocycles. The van der Waals surface area contributed by atoms with Crippen LogP contribution in [-0.4, -0.2) is 56.8 Å². The maximum atomic E-state index is 12.4. The molecule has 0 radical (unpaired) electrons. The number of carbonyl (C=O) groups excluding carboxylic acids is 1. The molecule has 3 heterocycles. The Morgan fingerprint density at radius 2 is 2.36 bits per heavy atom. The molecule has 122 valence electrons. The van der Waals surface area contributed by atoms with Crippen LogP contribution in [-0.2, 0) is 14.8 Å². The van der Waals surface area contributed by atoms with Crippen LogP contribution in [0.5, 0.6) is 0 Å². The second-order valence-corrected chi connectivity index (χ2v) is 8.66. The molecule has 1 aromatic rings. The zero-order valence-electron chi connectivity index (χ0n) is 12.4. The van der Waals surface area contributed by atoms with Crippen molar-refractivity contribution in [2.45, 2.75) is 30.9 Å². The molecule has 0 aromatic carbocycles. The highest BCUT2D eigenvalue weighted by molar-refractivity contribution is 7.88. The second-order valence-electron chi connectivity index (χ2n) is 6.10. The van der Waals surface area contributed by atoms with E-state index >= 15 is 0 Å². The fraction of sp³-hybridized carbons (Fsp3) is 0.643. The van der Waals surface area contributed by atoms with E-state index in [1.807, 2.05) is 21.7 Å². The summed E-state index contributed by atoms with van der Waals surface area (Å²) < 4.78 is 31.4. The van der Waals surface area contributed by atoms with Crippen molar-refractivity contribution >= 4 is 27.3 Å². The van der Waals surface area contributed by atoms with Crippen molar-refractivity contribution in [3.05, 3.63) is 22.4 Å². The van der Waals surface area contributed by atoms with Crippen LogP contribution in [0.25, 0.3) is 0 Å². The Balaban J connectivity index is 1.66. The molecule has 2 atom stereocenters. The SMILES string of the molecule is CS(=O)(=O)N[C@H]1CCO[C@@]2(CCN(C(=O)c3ccsc3)C2)C1. The van der Waals surface area contributed by atoms with Crippen LogP contribution >= 0.6 is 11.3 Å². The molecular formula is C14H20N2O4S2. The van der Waals surface area contributed by atoms with Crippen LogP contribution in [0.3, 0.4) is 0 Å². The Bertz CT molecular complexity index is 644. The van der Waals surface area contributed by atoms with E-state index in [4.69, 9.17) is 4.74 Å². The third-order valence-electron chi connectivity index (χ3n) is 4.25. The number of nitrogens with zero attached hydrogens (tertiary/aromatic N) is 1. The van der Waals surface area contributed by atoms with Crippen LogP contribution in [0, 0.1) is 0 Å². The van der Waals surface area contributed by atoms with Crippen LogP contribution in [0.15, 0.2) is 16.8 Å². The average molecular weight is 344 g/mol.